The van der Waals surface area contributed by atoms with Crippen LogP contribution >= 0.6 is 0 Å². The maximum Gasteiger partial charge on any atom is -0.0279 e. The number of aryl methyl sites for hydroxylation is 3. The molecule has 1 rings (SSSR count). The summed E-state index contributed by atoms with van der Waals surface area (Å²) in [7, 11) is 0. The van der Waals surface area contributed by atoms with Gasteiger partial charge in [-0.15, -0.1) is 0 Å². The zero-order valence-electron chi connectivity index (χ0n) is 15.9. The van der Waals surface area contributed by atoms with E-state index >= 15 is 0 Å². The highest BCUT2D eigenvalue weighted by Crippen LogP contribution is 2.13. The van der Waals surface area contributed by atoms with Gasteiger partial charge in [0.1, 0.15) is 0 Å². The Labute approximate surface area is 135 Å². The number of hydrogen-bond donors (Lipinski definition) is 0. The lowest BCUT2D eigenvalue weighted by Gasteiger charge is -2.06. The lowest BCUT2D eigenvalue weighted by atomic mass is 10.0. The molecule has 124 valence electrons. The maximum atomic E-state index is 2.37. The van der Waals surface area contributed by atoms with Gasteiger partial charge in [-0.05, 0) is 37.3 Å². The van der Waals surface area contributed by atoms with Gasteiger partial charge in [-0.3, -0.25) is 0 Å². The second kappa shape index (κ2) is 17.3. The molecule has 21 heavy (non-hydrogen) atoms. The molecule has 1 aromatic carbocycles. The molecule has 1 aromatic rings. The molecular weight excluding hydrogens is 252 g/mol. The number of hydrogen-bond acceptors (Lipinski definition) is 0. The van der Waals surface area contributed by atoms with Gasteiger partial charge >= 0.3 is 0 Å². The van der Waals surface area contributed by atoms with Crippen molar-refractivity contribution in [1.82, 2.24) is 0 Å². The van der Waals surface area contributed by atoms with Gasteiger partial charge < -0.3 is 0 Å². The van der Waals surface area contributed by atoms with Gasteiger partial charge in [-0.1, -0.05) is 97.4 Å². The second-order valence-corrected chi connectivity index (χ2v) is 5.49. The Balaban J connectivity index is 0. The predicted molar refractivity (Wildman–Crippen MR) is 100 cm³/mol. The first kappa shape index (κ1) is 22.5. The average Bonchev–Trinajstić information content (AvgIpc) is 2.53. The van der Waals surface area contributed by atoms with E-state index in [1.165, 1.54) is 61.6 Å². The van der Waals surface area contributed by atoms with Gasteiger partial charge in [0.25, 0.3) is 0 Å². The van der Waals surface area contributed by atoms with Crippen molar-refractivity contribution in [2.45, 2.75) is 99.8 Å². The van der Waals surface area contributed by atoms with Gasteiger partial charge in [0.15, 0.2) is 0 Å². The first-order chi connectivity index (χ1) is 10.2. The summed E-state index contributed by atoms with van der Waals surface area (Å²) in [5.41, 5.74) is 4.43. The molecule has 0 aliphatic carbocycles. The Morgan fingerprint density at radius 1 is 0.667 bits per heavy atom. The van der Waals surface area contributed by atoms with Crippen LogP contribution in [0.5, 0.6) is 0 Å². The monoisotopic (exact) mass is 292 g/mol. The molecule has 0 atom stereocenters. The molecule has 0 N–H and O–H groups in total. The summed E-state index contributed by atoms with van der Waals surface area (Å²) in [6.45, 7) is 15.1. The third kappa shape index (κ3) is 13.9. The lowest BCUT2D eigenvalue weighted by Crippen LogP contribution is -1.90. The topological polar surface area (TPSA) is 0 Å². The Hall–Kier alpha value is -0.780. The van der Waals surface area contributed by atoms with E-state index in [0.717, 1.165) is 6.42 Å². The number of rotatable bonds is 7. The lowest BCUT2D eigenvalue weighted by molar-refractivity contribution is 0.666. The minimum Gasteiger partial charge on any atom is -0.0683 e. The van der Waals surface area contributed by atoms with Crippen LogP contribution in [0.1, 0.15) is 96.8 Å². The molecule has 0 saturated carbocycles. The standard InChI is InChI=1S/C15H24.C4H10.C2H6/c1-4-6-7-8-9-15-11-13(3)10-14(5-2)12-15;1-3-4-2;1-2/h10-12H,4-9H2,1-3H3;3-4H2,1-2H3;1-2H3. The molecule has 0 aromatic heterocycles. The molecule has 0 heterocycles. The van der Waals surface area contributed by atoms with Crippen LogP contribution in [0.15, 0.2) is 18.2 Å². The highest BCUT2D eigenvalue weighted by molar-refractivity contribution is 5.29. The molecule has 0 amide bonds. The second-order valence-electron chi connectivity index (χ2n) is 5.49. The van der Waals surface area contributed by atoms with Crippen LogP contribution < -0.4 is 0 Å². The highest BCUT2D eigenvalue weighted by Gasteiger charge is 1.97. The van der Waals surface area contributed by atoms with E-state index in [2.05, 4.69) is 52.8 Å². The van der Waals surface area contributed by atoms with Crippen LogP contribution in [-0.4, -0.2) is 0 Å². The molecule has 0 spiro atoms. The Kier molecular flexibility index (Phi) is 18.5. The minimum absolute atomic E-state index is 1.16. The molecule has 0 saturated heterocycles. The molecule has 0 unspecified atom stereocenters. The van der Waals surface area contributed by atoms with Gasteiger partial charge in [-0.2, -0.15) is 0 Å². The van der Waals surface area contributed by atoms with Gasteiger partial charge in [0.2, 0.25) is 0 Å². The van der Waals surface area contributed by atoms with Crippen molar-refractivity contribution >= 4 is 0 Å². The first-order valence-corrected chi connectivity index (χ1v) is 9.27. The Morgan fingerprint density at radius 2 is 1.24 bits per heavy atom. The SMILES string of the molecule is CC.CCCC.CCCCCCc1cc(C)cc(CC)c1. The molecule has 0 nitrogen and oxygen atoms in total. The quantitative estimate of drug-likeness (QED) is 0.456. The van der Waals surface area contributed by atoms with Crippen molar-refractivity contribution in [1.29, 1.82) is 0 Å². The third-order valence-corrected chi connectivity index (χ3v) is 3.42. The van der Waals surface area contributed by atoms with Crippen LogP contribution in [0.25, 0.3) is 0 Å². The van der Waals surface area contributed by atoms with E-state index in [1.54, 1.807) is 0 Å². The summed E-state index contributed by atoms with van der Waals surface area (Å²) in [5.74, 6) is 0. The molecule has 0 aliphatic heterocycles. The molecule has 0 heteroatoms. The smallest absolute Gasteiger partial charge is 0.0279 e. The van der Waals surface area contributed by atoms with Crippen LogP contribution in [0.4, 0.5) is 0 Å². The summed E-state index contributed by atoms with van der Waals surface area (Å²) in [4.78, 5) is 0. The van der Waals surface area contributed by atoms with E-state index < -0.39 is 0 Å². The molecule has 0 radical (unpaired) electrons. The minimum atomic E-state index is 1.16. The van der Waals surface area contributed by atoms with E-state index in [9.17, 15) is 0 Å². The van der Waals surface area contributed by atoms with E-state index in [4.69, 9.17) is 0 Å². The summed E-state index contributed by atoms with van der Waals surface area (Å²) >= 11 is 0. The first-order valence-electron chi connectivity index (χ1n) is 9.27. The molecule has 0 fully saturated rings. The van der Waals surface area contributed by atoms with Crippen molar-refractivity contribution < 1.29 is 0 Å². The summed E-state index contributed by atoms with van der Waals surface area (Å²) in [6, 6.07) is 7.01. The van der Waals surface area contributed by atoms with Gasteiger partial charge in [-0.25, -0.2) is 0 Å². The normalized spacial score (nSPS) is 9.29. The third-order valence-electron chi connectivity index (χ3n) is 3.42. The van der Waals surface area contributed by atoms with Crippen molar-refractivity contribution in [3.05, 3.63) is 34.9 Å². The van der Waals surface area contributed by atoms with Crippen molar-refractivity contribution in [3.8, 4) is 0 Å². The fraction of sp³-hybridized carbons (Fsp3) is 0.714. The van der Waals surface area contributed by atoms with Gasteiger partial charge in [0.05, 0.1) is 0 Å². The number of unbranched alkanes of at least 4 members (excludes halogenated alkanes) is 4. The fourth-order valence-corrected chi connectivity index (χ4v) is 2.05. The molecule has 0 aliphatic rings. The van der Waals surface area contributed by atoms with Crippen LogP contribution in [0.3, 0.4) is 0 Å². The molecule has 0 bridgehead atoms. The van der Waals surface area contributed by atoms with Crippen molar-refractivity contribution in [2.75, 3.05) is 0 Å². The summed E-state index contributed by atoms with van der Waals surface area (Å²) < 4.78 is 0. The van der Waals surface area contributed by atoms with E-state index in [0.29, 0.717) is 0 Å². The summed E-state index contributed by atoms with van der Waals surface area (Å²) in [6.07, 6.45) is 10.5. The average molecular weight is 293 g/mol. The summed E-state index contributed by atoms with van der Waals surface area (Å²) in [5, 5.41) is 0. The Bertz CT molecular complexity index is 310. The van der Waals surface area contributed by atoms with E-state index in [1.807, 2.05) is 13.8 Å². The molecular formula is C21H40. The Morgan fingerprint density at radius 3 is 1.71 bits per heavy atom. The van der Waals surface area contributed by atoms with Crippen LogP contribution in [0.2, 0.25) is 0 Å². The predicted octanol–water partition coefficient (Wildman–Crippen LogP) is 7.51. The van der Waals surface area contributed by atoms with Crippen molar-refractivity contribution in [2.24, 2.45) is 0 Å². The zero-order valence-corrected chi connectivity index (χ0v) is 15.9. The van der Waals surface area contributed by atoms with Gasteiger partial charge in [0, 0.05) is 0 Å². The highest BCUT2D eigenvalue weighted by atomic mass is 14.0. The zero-order chi connectivity index (χ0) is 16.5. The van der Waals surface area contributed by atoms with E-state index in [-0.39, 0.29) is 0 Å². The number of benzene rings is 1. The van der Waals surface area contributed by atoms with Crippen LogP contribution in [0, 0.1) is 6.92 Å². The van der Waals surface area contributed by atoms with Crippen molar-refractivity contribution in [3.63, 3.8) is 0 Å². The fourth-order valence-electron chi connectivity index (χ4n) is 2.05. The maximum absolute atomic E-state index is 2.37. The largest absolute Gasteiger partial charge is 0.0683 e. The van der Waals surface area contributed by atoms with Crippen LogP contribution in [-0.2, 0) is 12.8 Å².